The van der Waals surface area contributed by atoms with Crippen molar-refractivity contribution in [2.75, 3.05) is 12.3 Å². The molecule has 0 radical (unpaired) electrons. The van der Waals surface area contributed by atoms with Crippen molar-refractivity contribution in [2.45, 2.75) is 26.3 Å². The standard InChI is InChI=1S/C14H17N5O2/c1-9(20)21-5-4-10-2-3-11(10)6-19-8-18-12-13(15)16-7-17-14(12)19/h4,7-8,11H,2-3,5-6H2,1H3,(H2,15,16,17)/b10-4+. The number of nitrogens with zero attached hydrogens (tertiary/aromatic N) is 4. The van der Waals surface area contributed by atoms with Crippen LogP contribution in [0.4, 0.5) is 5.82 Å². The summed E-state index contributed by atoms with van der Waals surface area (Å²) in [7, 11) is 0. The first-order valence-electron chi connectivity index (χ1n) is 6.88. The number of carbonyl (C=O) groups is 1. The van der Waals surface area contributed by atoms with Crippen molar-refractivity contribution < 1.29 is 9.53 Å². The SMILES string of the molecule is CC(=O)OC/C=C1\CCC1Cn1cnc2c(N)ncnc21. The average Bonchev–Trinajstić information content (AvgIpc) is 2.84. The average molecular weight is 287 g/mol. The molecule has 0 spiro atoms. The Morgan fingerprint density at radius 1 is 1.52 bits per heavy atom. The number of ether oxygens (including phenoxy) is 1. The third-order valence-electron chi connectivity index (χ3n) is 3.78. The van der Waals surface area contributed by atoms with Crippen molar-refractivity contribution in [3.8, 4) is 0 Å². The Bertz CT molecular complexity index is 706. The number of nitrogen functional groups attached to an aromatic ring is 1. The van der Waals surface area contributed by atoms with Crippen LogP contribution in [0.25, 0.3) is 11.2 Å². The predicted molar refractivity (Wildman–Crippen MR) is 77.2 cm³/mol. The normalized spacial score (nSPS) is 19.7. The molecule has 0 bridgehead atoms. The van der Waals surface area contributed by atoms with Crippen LogP contribution in [0, 0.1) is 5.92 Å². The number of hydrogen-bond donors (Lipinski definition) is 1. The predicted octanol–water partition coefficient (Wildman–Crippen LogP) is 1.31. The molecule has 7 nitrogen and oxygen atoms in total. The molecular formula is C14H17N5O2. The highest BCUT2D eigenvalue weighted by atomic mass is 16.5. The number of carbonyl (C=O) groups excluding carboxylic acids is 1. The van der Waals surface area contributed by atoms with Crippen molar-refractivity contribution in [3.05, 3.63) is 24.3 Å². The van der Waals surface area contributed by atoms with Crippen molar-refractivity contribution >= 4 is 23.0 Å². The molecule has 0 saturated heterocycles. The summed E-state index contributed by atoms with van der Waals surface area (Å²) >= 11 is 0. The molecule has 3 rings (SSSR count). The molecule has 0 aliphatic heterocycles. The highest BCUT2D eigenvalue weighted by Gasteiger charge is 2.25. The number of rotatable bonds is 4. The number of hydrogen-bond acceptors (Lipinski definition) is 6. The van der Waals surface area contributed by atoms with E-state index in [1.807, 2.05) is 10.6 Å². The van der Waals surface area contributed by atoms with Crippen LogP contribution in [0.1, 0.15) is 19.8 Å². The first-order valence-corrected chi connectivity index (χ1v) is 6.88. The van der Waals surface area contributed by atoms with Gasteiger partial charge in [0.2, 0.25) is 0 Å². The largest absolute Gasteiger partial charge is 0.462 e. The topological polar surface area (TPSA) is 95.9 Å². The van der Waals surface area contributed by atoms with Gasteiger partial charge in [0.1, 0.15) is 18.5 Å². The van der Waals surface area contributed by atoms with Gasteiger partial charge < -0.3 is 15.0 Å². The first-order chi connectivity index (χ1) is 10.1. The Morgan fingerprint density at radius 2 is 2.38 bits per heavy atom. The van der Waals surface area contributed by atoms with Crippen molar-refractivity contribution in [1.29, 1.82) is 0 Å². The van der Waals surface area contributed by atoms with Crippen LogP contribution in [0.5, 0.6) is 0 Å². The Morgan fingerprint density at radius 3 is 3.10 bits per heavy atom. The van der Waals surface area contributed by atoms with Crippen LogP contribution in [0.3, 0.4) is 0 Å². The van der Waals surface area contributed by atoms with Gasteiger partial charge in [0, 0.05) is 13.5 Å². The van der Waals surface area contributed by atoms with Crippen molar-refractivity contribution in [3.63, 3.8) is 0 Å². The summed E-state index contributed by atoms with van der Waals surface area (Å²) < 4.78 is 6.94. The number of fused-ring (bicyclic) bond motifs is 1. The molecule has 1 aliphatic carbocycles. The van der Waals surface area contributed by atoms with Gasteiger partial charge in [0.15, 0.2) is 11.5 Å². The lowest BCUT2D eigenvalue weighted by molar-refractivity contribution is -0.139. The summed E-state index contributed by atoms with van der Waals surface area (Å²) in [6.45, 7) is 2.57. The lowest BCUT2D eigenvalue weighted by Gasteiger charge is -2.30. The fourth-order valence-electron chi connectivity index (χ4n) is 2.53. The van der Waals surface area contributed by atoms with Crippen molar-refractivity contribution in [2.24, 2.45) is 5.92 Å². The maximum atomic E-state index is 10.8. The minimum absolute atomic E-state index is 0.254. The van der Waals surface area contributed by atoms with Crippen LogP contribution >= 0.6 is 0 Å². The lowest BCUT2D eigenvalue weighted by atomic mass is 9.79. The second-order valence-corrected chi connectivity index (χ2v) is 5.15. The van der Waals surface area contributed by atoms with Crippen LogP contribution < -0.4 is 5.73 Å². The summed E-state index contributed by atoms with van der Waals surface area (Å²) in [6, 6.07) is 0. The van der Waals surface area contributed by atoms with E-state index in [0.717, 1.165) is 25.0 Å². The zero-order valence-electron chi connectivity index (χ0n) is 11.8. The number of aromatic nitrogens is 4. The molecule has 2 aromatic heterocycles. The minimum atomic E-state index is -0.254. The Hall–Kier alpha value is -2.44. The van der Waals surface area contributed by atoms with E-state index in [0.29, 0.717) is 23.9 Å². The van der Waals surface area contributed by atoms with Gasteiger partial charge >= 0.3 is 5.97 Å². The van der Waals surface area contributed by atoms with E-state index in [2.05, 4.69) is 15.0 Å². The summed E-state index contributed by atoms with van der Waals surface area (Å²) in [5.41, 5.74) is 8.50. The Balaban J connectivity index is 1.71. The smallest absolute Gasteiger partial charge is 0.302 e. The summed E-state index contributed by atoms with van der Waals surface area (Å²) in [6.07, 6.45) is 7.37. The zero-order chi connectivity index (χ0) is 14.8. The minimum Gasteiger partial charge on any atom is -0.462 e. The quantitative estimate of drug-likeness (QED) is 0.672. The van der Waals surface area contributed by atoms with E-state index in [9.17, 15) is 4.79 Å². The third-order valence-corrected chi connectivity index (χ3v) is 3.78. The van der Waals surface area contributed by atoms with E-state index in [1.165, 1.54) is 18.8 Å². The van der Waals surface area contributed by atoms with Crippen LogP contribution in [-0.2, 0) is 16.1 Å². The van der Waals surface area contributed by atoms with Crippen LogP contribution in [0.15, 0.2) is 24.3 Å². The highest BCUT2D eigenvalue weighted by Crippen LogP contribution is 2.35. The Labute approximate surface area is 121 Å². The summed E-state index contributed by atoms with van der Waals surface area (Å²) in [5.74, 6) is 0.586. The van der Waals surface area contributed by atoms with Crippen LogP contribution in [0.2, 0.25) is 0 Å². The molecule has 1 fully saturated rings. The monoisotopic (exact) mass is 287 g/mol. The molecule has 0 aromatic carbocycles. The Kier molecular flexibility index (Phi) is 3.55. The molecule has 2 aromatic rings. The van der Waals surface area contributed by atoms with Gasteiger partial charge in [0.25, 0.3) is 0 Å². The fraction of sp³-hybridized carbons (Fsp3) is 0.429. The second-order valence-electron chi connectivity index (χ2n) is 5.15. The molecule has 1 saturated carbocycles. The van der Waals surface area contributed by atoms with E-state index in [1.54, 1.807) is 6.33 Å². The first kappa shape index (κ1) is 13.5. The molecule has 0 amide bonds. The maximum absolute atomic E-state index is 10.8. The molecular weight excluding hydrogens is 270 g/mol. The van der Waals surface area contributed by atoms with Gasteiger partial charge in [-0.2, -0.15) is 0 Å². The van der Waals surface area contributed by atoms with E-state index < -0.39 is 0 Å². The van der Waals surface area contributed by atoms with Gasteiger partial charge in [-0.3, -0.25) is 4.79 Å². The maximum Gasteiger partial charge on any atom is 0.302 e. The van der Waals surface area contributed by atoms with E-state index in [4.69, 9.17) is 10.5 Å². The number of allylic oxidation sites excluding steroid dienone is 1. The fourth-order valence-corrected chi connectivity index (χ4v) is 2.53. The number of esters is 1. The number of anilines is 1. The molecule has 1 aliphatic rings. The zero-order valence-corrected chi connectivity index (χ0v) is 11.8. The molecule has 7 heteroatoms. The van der Waals surface area contributed by atoms with Gasteiger partial charge in [-0.25, -0.2) is 15.0 Å². The molecule has 1 unspecified atom stereocenters. The third kappa shape index (κ3) is 2.72. The van der Waals surface area contributed by atoms with E-state index in [-0.39, 0.29) is 5.97 Å². The van der Waals surface area contributed by atoms with Crippen molar-refractivity contribution in [1.82, 2.24) is 19.5 Å². The molecule has 2 heterocycles. The van der Waals surface area contributed by atoms with Gasteiger partial charge in [-0.15, -0.1) is 0 Å². The summed E-state index contributed by atoms with van der Waals surface area (Å²) in [4.78, 5) is 23.2. The molecule has 1 atom stereocenters. The van der Waals surface area contributed by atoms with E-state index >= 15 is 0 Å². The lowest BCUT2D eigenvalue weighted by Crippen LogP contribution is -2.22. The molecule has 110 valence electrons. The summed E-state index contributed by atoms with van der Waals surface area (Å²) in [5, 5.41) is 0. The molecule has 21 heavy (non-hydrogen) atoms. The van der Waals surface area contributed by atoms with Gasteiger partial charge in [-0.05, 0) is 24.8 Å². The molecule has 2 N–H and O–H groups in total. The van der Waals surface area contributed by atoms with Gasteiger partial charge in [0.05, 0.1) is 6.33 Å². The highest BCUT2D eigenvalue weighted by molar-refractivity contribution is 5.81. The number of imidazole rings is 1. The number of nitrogens with two attached hydrogens (primary N) is 1. The van der Waals surface area contributed by atoms with Gasteiger partial charge in [-0.1, -0.05) is 5.57 Å². The second kappa shape index (κ2) is 5.51. The van der Waals surface area contributed by atoms with Crippen LogP contribution in [-0.4, -0.2) is 32.1 Å².